The van der Waals surface area contributed by atoms with Crippen LogP contribution in [-0.4, -0.2) is 0 Å². The van der Waals surface area contributed by atoms with Crippen LogP contribution in [-0.2, 0) is 0 Å². The molecule has 0 N–H and O–H groups in total. The van der Waals surface area contributed by atoms with Crippen LogP contribution in [0.2, 0.25) is 5.02 Å². The van der Waals surface area contributed by atoms with Crippen molar-refractivity contribution in [3.63, 3.8) is 0 Å². The van der Waals surface area contributed by atoms with E-state index in [1.165, 1.54) is 24.0 Å². The summed E-state index contributed by atoms with van der Waals surface area (Å²) in [5.41, 5.74) is 2.86. The number of rotatable bonds is 2. The molecular weight excluding hydrogens is 180 g/mol. The van der Waals surface area contributed by atoms with Gasteiger partial charge < -0.3 is 0 Å². The van der Waals surface area contributed by atoms with Gasteiger partial charge >= 0.3 is 0 Å². The predicted octanol–water partition coefficient (Wildman–Crippen LogP) is 4.34. The van der Waals surface area contributed by atoms with E-state index in [9.17, 15) is 0 Å². The standard InChI is InChI=1S/C12H15Cl/c1-8(2)10-4-3-5-11(13)12(10)9-6-7-9/h3-5,8-9H,6-7H2,1-2H3. The zero-order valence-electron chi connectivity index (χ0n) is 8.18. The summed E-state index contributed by atoms with van der Waals surface area (Å²) < 4.78 is 0. The average molecular weight is 195 g/mol. The van der Waals surface area contributed by atoms with E-state index in [0.717, 1.165) is 10.9 Å². The first-order valence-corrected chi connectivity index (χ1v) is 5.36. The van der Waals surface area contributed by atoms with Crippen LogP contribution >= 0.6 is 11.6 Å². The molecule has 0 nitrogen and oxygen atoms in total. The quantitative estimate of drug-likeness (QED) is 0.657. The first-order chi connectivity index (χ1) is 6.20. The van der Waals surface area contributed by atoms with E-state index < -0.39 is 0 Å². The molecule has 0 amide bonds. The van der Waals surface area contributed by atoms with E-state index in [0.29, 0.717) is 5.92 Å². The van der Waals surface area contributed by atoms with Gasteiger partial charge in [-0.25, -0.2) is 0 Å². The first-order valence-electron chi connectivity index (χ1n) is 4.98. The van der Waals surface area contributed by atoms with Gasteiger partial charge in [0.1, 0.15) is 0 Å². The van der Waals surface area contributed by atoms with Crippen LogP contribution in [0.15, 0.2) is 18.2 Å². The third kappa shape index (κ3) is 1.73. The van der Waals surface area contributed by atoms with Crippen molar-refractivity contribution in [2.75, 3.05) is 0 Å². The summed E-state index contributed by atoms with van der Waals surface area (Å²) in [6.07, 6.45) is 2.65. The third-order valence-electron chi connectivity index (χ3n) is 2.69. The van der Waals surface area contributed by atoms with Crippen molar-refractivity contribution in [2.45, 2.75) is 38.5 Å². The second-order valence-electron chi connectivity index (χ2n) is 4.17. The van der Waals surface area contributed by atoms with Crippen LogP contribution in [0.5, 0.6) is 0 Å². The normalized spacial score (nSPS) is 16.6. The maximum absolute atomic E-state index is 6.21. The topological polar surface area (TPSA) is 0 Å². The minimum absolute atomic E-state index is 0.592. The molecule has 0 radical (unpaired) electrons. The lowest BCUT2D eigenvalue weighted by atomic mass is 9.94. The molecule has 1 aromatic carbocycles. The molecule has 1 aliphatic carbocycles. The summed E-state index contributed by atoms with van der Waals surface area (Å²) in [7, 11) is 0. The Labute approximate surface area is 84.9 Å². The molecule has 0 spiro atoms. The molecule has 0 unspecified atom stereocenters. The SMILES string of the molecule is CC(C)c1cccc(Cl)c1C1CC1. The van der Waals surface area contributed by atoms with Gasteiger partial charge in [-0.15, -0.1) is 0 Å². The molecule has 0 heterocycles. The zero-order chi connectivity index (χ0) is 9.42. The molecule has 0 atom stereocenters. The molecule has 1 aromatic rings. The minimum Gasteiger partial charge on any atom is -0.0840 e. The van der Waals surface area contributed by atoms with Crippen molar-refractivity contribution in [2.24, 2.45) is 0 Å². The van der Waals surface area contributed by atoms with Crippen LogP contribution in [0, 0.1) is 0 Å². The number of hydrogen-bond acceptors (Lipinski definition) is 0. The number of benzene rings is 1. The van der Waals surface area contributed by atoms with E-state index in [1.807, 2.05) is 6.07 Å². The van der Waals surface area contributed by atoms with Crippen molar-refractivity contribution in [3.8, 4) is 0 Å². The van der Waals surface area contributed by atoms with Gasteiger partial charge in [-0.1, -0.05) is 37.6 Å². The van der Waals surface area contributed by atoms with Gasteiger partial charge in [-0.05, 0) is 41.9 Å². The highest BCUT2D eigenvalue weighted by Crippen LogP contribution is 2.46. The average Bonchev–Trinajstić information content (AvgIpc) is 2.86. The molecule has 0 saturated heterocycles. The van der Waals surface area contributed by atoms with Crippen LogP contribution in [0.4, 0.5) is 0 Å². The Bertz CT molecular complexity index is 311. The summed E-state index contributed by atoms with van der Waals surface area (Å²) in [6.45, 7) is 4.47. The van der Waals surface area contributed by atoms with Gasteiger partial charge in [0.2, 0.25) is 0 Å². The molecule has 2 rings (SSSR count). The summed E-state index contributed by atoms with van der Waals surface area (Å²) in [6, 6.07) is 6.29. The molecule has 1 aliphatic rings. The molecular formula is C12H15Cl. The molecule has 0 bridgehead atoms. The zero-order valence-corrected chi connectivity index (χ0v) is 8.93. The summed E-state index contributed by atoms with van der Waals surface area (Å²) in [5, 5.41) is 0.966. The van der Waals surface area contributed by atoms with E-state index >= 15 is 0 Å². The Morgan fingerprint density at radius 2 is 2.00 bits per heavy atom. The van der Waals surface area contributed by atoms with Crippen molar-refractivity contribution in [3.05, 3.63) is 34.3 Å². The largest absolute Gasteiger partial charge is 0.0840 e. The smallest absolute Gasteiger partial charge is 0.0443 e. The lowest BCUT2D eigenvalue weighted by molar-refractivity contribution is 0.842. The van der Waals surface area contributed by atoms with Crippen LogP contribution < -0.4 is 0 Å². The highest BCUT2D eigenvalue weighted by atomic mass is 35.5. The monoisotopic (exact) mass is 194 g/mol. The Hall–Kier alpha value is -0.490. The lowest BCUT2D eigenvalue weighted by Gasteiger charge is -2.13. The fourth-order valence-electron chi connectivity index (χ4n) is 1.86. The Kier molecular flexibility index (Phi) is 2.33. The van der Waals surface area contributed by atoms with Gasteiger partial charge in [0, 0.05) is 5.02 Å². The second-order valence-corrected chi connectivity index (χ2v) is 4.58. The maximum atomic E-state index is 6.21. The fraction of sp³-hybridized carbons (Fsp3) is 0.500. The number of hydrogen-bond donors (Lipinski definition) is 0. The summed E-state index contributed by atoms with van der Waals surface area (Å²) in [4.78, 5) is 0. The molecule has 1 heteroatoms. The fourth-order valence-corrected chi connectivity index (χ4v) is 2.20. The van der Waals surface area contributed by atoms with Crippen LogP contribution in [0.1, 0.15) is 49.7 Å². The molecule has 70 valence electrons. The maximum Gasteiger partial charge on any atom is 0.0443 e. The second kappa shape index (κ2) is 3.34. The van der Waals surface area contributed by atoms with Gasteiger partial charge in [0.15, 0.2) is 0 Å². The molecule has 0 aliphatic heterocycles. The molecule has 1 fully saturated rings. The van der Waals surface area contributed by atoms with E-state index in [1.54, 1.807) is 0 Å². The van der Waals surface area contributed by atoms with Crippen LogP contribution in [0.25, 0.3) is 0 Å². The van der Waals surface area contributed by atoms with Gasteiger partial charge in [-0.3, -0.25) is 0 Å². The van der Waals surface area contributed by atoms with Crippen molar-refractivity contribution in [1.29, 1.82) is 0 Å². The first kappa shape index (κ1) is 9.08. The summed E-state index contributed by atoms with van der Waals surface area (Å²) >= 11 is 6.21. The Morgan fingerprint density at radius 1 is 1.31 bits per heavy atom. The predicted molar refractivity (Wildman–Crippen MR) is 57.5 cm³/mol. The van der Waals surface area contributed by atoms with Crippen LogP contribution in [0.3, 0.4) is 0 Å². The van der Waals surface area contributed by atoms with E-state index in [-0.39, 0.29) is 0 Å². The van der Waals surface area contributed by atoms with Crippen molar-refractivity contribution >= 4 is 11.6 Å². The highest BCUT2D eigenvalue weighted by molar-refractivity contribution is 6.31. The van der Waals surface area contributed by atoms with E-state index in [4.69, 9.17) is 11.6 Å². The molecule has 0 aromatic heterocycles. The Morgan fingerprint density at radius 3 is 2.54 bits per heavy atom. The van der Waals surface area contributed by atoms with Gasteiger partial charge in [0.05, 0.1) is 0 Å². The molecule has 13 heavy (non-hydrogen) atoms. The highest BCUT2D eigenvalue weighted by Gasteiger charge is 2.28. The summed E-state index contributed by atoms with van der Waals surface area (Å²) in [5.74, 6) is 1.35. The van der Waals surface area contributed by atoms with Crippen molar-refractivity contribution in [1.82, 2.24) is 0 Å². The van der Waals surface area contributed by atoms with Gasteiger partial charge in [0.25, 0.3) is 0 Å². The van der Waals surface area contributed by atoms with E-state index in [2.05, 4.69) is 26.0 Å². The van der Waals surface area contributed by atoms with Crippen molar-refractivity contribution < 1.29 is 0 Å². The number of halogens is 1. The van der Waals surface area contributed by atoms with Gasteiger partial charge in [-0.2, -0.15) is 0 Å². The lowest BCUT2D eigenvalue weighted by Crippen LogP contribution is -1.95. The third-order valence-corrected chi connectivity index (χ3v) is 3.02. The molecule has 1 saturated carbocycles. The minimum atomic E-state index is 0.592. The Balaban J connectivity index is 2.47.